The largest absolute Gasteiger partial charge is 0.490 e. The number of hydrogen-bond donors (Lipinski definition) is 2. The van der Waals surface area contributed by atoms with Gasteiger partial charge in [-0.15, -0.1) is 0 Å². The number of halogens is 6. The van der Waals surface area contributed by atoms with E-state index >= 15 is 0 Å². The van der Waals surface area contributed by atoms with Crippen LogP contribution >= 0.6 is 0 Å². The Hall–Kier alpha value is -2.49. The third kappa shape index (κ3) is 5.58. The minimum absolute atomic E-state index is 0.0222. The predicted octanol–water partition coefficient (Wildman–Crippen LogP) is 7.87. The zero-order valence-corrected chi connectivity index (χ0v) is 21.5. The van der Waals surface area contributed by atoms with E-state index in [1.54, 1.807) is 18.2 Å². The maximum atomic E-state index is 14.2. The van der Waals surface area contributed by atoms with Gasteiger partial charge in [-0.1, -0.05) is 37.5 Å². The summed E-state index contributed by atoms with van der Waals surface area (Å²) in [6.07, 6.45) is -4.51. The van der Waals surface area contributed by atoms with Crippen molar-refractivity contribution < 1.29 is 41.0 Å². The highest BCUT2D eigenvalue weighted by Crippen LogP contribution is 2.56. The molecule has 214 valence electrons. The van der Waals surface area contributed by atoms with Crippen LogP contribution in [0.1, 0.15) is 75.3 Å². The summed E-state index contributed by atoms with van der Waals surface area (Å²) >= 11 is 0. The van der Waals surface area contributed by atoms with Crippen LogP contribution in [0.5, 0.6) is 5.75 Å². The molecular formula is C29H33F6NO3. The molecule has 10 heteroatoms. The van der Waals surface area contributed by atoms with E-state index in [1.807, 2.05) is 0 Å². The first-order valence-electron chi connectivity index (χ1n) is 13.7. The summed E-state index contributed by atoms with van der Waals surface area (Å²) in [7, 11) is 0. The Morgan fingerprint density at radius 3 is 2.28 bits per heavy atom. The molecule has 2 unspecified atom stereocenters. The van der Waals surface area contributed by atoms with Crippen molar-refractivity contribution in [2.45, 2.75) is 95.3 Å². The van der Waals surface area contributed by atoms with Crippen molar-refractivity contribution in [1.29, 1.82) is 0 Å². The van der Waals surface area contributed by atoms with Crippen LogP contribution in [-0.4, -0.2) is 29.4 Å². The van der Waals surface area contributed by atoms with E-state index in [1.165, 1.54) is 12.1 Å². The van der Waals surface area contributed by atoms with Gasteiger partial charge in [-0.2, -0.15) is 26.3 Å². The molecule has 3 fully saturated rings. The lowest BCUT2D eigenvalue weighted by Gasteiger charge is -2.56. The van der Waals surface area contributed by atoms with E-state index in [4.69, 9.17) is 4.74 Å². The fourth-order valence-corrected chi connectivity index (χ4v) is 7.12. The smallest absolute Gasteiger partial charge is 0.420 e. The van der Waals surface area contributed by atoms with Crippen LogP contribution in [0.4, 0.5) is 26.3 Å². The molecule has 3 aliphatic carbocycles. The van der Waals surface area contributed by atoms with Gasteiger partial charge in [-0.3, -0.25) is 4.79 Å². The van der Waals surface area contributed by atoms with Crippen LogP contribution in [0, 0.1) is 17.3 Å². The van der Waals surface area contributed by atoms with Crippen molar-refractivity contribution in [2.75, 3.05) is 0 Å². The van der Waals surface area contributed by atoms with E-state index in [0.717, 1.165) is 37.7 Å². The Labute approximate surface area is 223 Å². The molecule has 2 atom stereocenters. The number of ether oxygens (including phenoxy) is 1. The van der Waals surface area contributed by atoms with Crippen LogP contribution in [0.25, 0.3) is 10.8 Å². The Balaban J connectivity index is 1.31. The van der Waals surface area contributed by atoms with Crippen LogP contribution < -0.4 is 10.1 Å². The minimum atomic E-state index is -4.71. The van der Waals surface area contributed by atoms with E-state index in [2.05, 4.69) is 5.32 Å². The number of nitrogens with one attached hydrogen (secondary N) is 1. The molecule has 39 heavy (non-hydrogen) atoms. The normalized spacial score (nSPS) is 27.3. The van der Waals surface area contributed by atoms with Gasteiger partial charge in [0, 0.05) is 12.6 Å². The topological polar surface area (TPSA) is 58.6 Å². The SMILES string of the molecule is O=C(O)C1CC(NCc2ccc3c(C(F)(F)F)c(O[C@H]4CC[C@@H](C(F)(F)F)CC4)ccc3c2)C12CCCCC2. The van der Waals surface area contributed by atoms with Gasteiger partial charge in [0.15, 0.2) is 0 Å². The molecule has 1 spiro atoms. The number of carbonyl (C=O) groups is 1. The lowest BCUT2D eigenvalue weighted by atomic mass is 9.50. The number of hydrogen-bond acceptors (Lipinski definition) is 3. The van der Waals surface area contributed by atoms with Gasteiger partial charge in [-0.25, -0.2) is 0 Å². The molecule has 0 aromatic heterocycles. The standard InChI is InChI=1S/C29H33F6NO3/c30-28(31,32)19-6-8-20(9-7-19)39-23-11-5-18-14-17(4-10-21(18)25(23)29(33,34)35)16-36-24-15-22(26(37)38)27(24)12-2-1-3-13-27/h4-5,10-11,14,19-20,22,24,36H,1-3,6-9,12-13,15-16H2,(H,37,38)/t19-,20+,22?,24?. The van der Waals surface area contributed by atoms with Crippen LogP contribution in [0.3, 0.4) is 0 Å². The fraction of sp³-hybridized carbons (Fsp3) is 0.621. The summed E-state index contributed by atoms with van der Waals surface area (Å²) in [6, 6.07) is 7.61. The second-order valence-corrected chi connectivity index (χ2v) is 11.5. The molecule has 3 saturated carbocycles. The highest BCUT2D eigenvalue weighted by atomic mass is 19.4. The molecule has 0 saturated heterocycles. The Morgan fingerprint density at radius 2 is 1.67 bits per heavy atom. The van der Waals surface area contributed by atoms with Gasteiger partial charge < -0.3 is 15.2 Å². The van der Waals surface area contributed by atoms with Crippen molar-refractivity contribution in [3.63, 3.8) is 0 Å². The zero-order chi connectivity index (χ0) is 28.0. The summed E-state index contributed by atoms with van der Waals surface area (Å²) in [4.78, 5) is 11.8. The highest BCUT2D eigenvalue weighted by molar-refractivity contribution is 5.89. The van der Waals surface area contributed by atoms with Gasteiger partial charge in [-0.05, 0) is 78.8 Å². The van der Waals surface area contributed by atoms with Crippen molar-refractivity contribution in [1.82, 2.24) is 5.32 Å². The Bertz CT molecular complexity index is 1200. The molecule has 2 aromatic rings. The first kappa shape index (κ1) is 28.1. The molecule has 0 bridgehead atoms. The second-order valence-electron chi connectivity index (χ2n) is 11.5. The minimum Gasteiger partial charge on any atom is -0.490 e. The van der Waals surface area contributed by atoms with E-state index < -0.39 is 35.9 Å². The molecule has 2 N–H and O–H groups in total. The van der Waals surface area contributed by atoms with Gasteiger partial charge in [0.05, 0.1) is 17.9 Å². The van der Waals surface area contributed by atoms with Crippen molar-refractivity contribution in [2.24, 2.45) is 17.3 Å². The molecule has 0 aliphatic heterocycles. The van der Waals surface area contributed by atoms with E-state index in [-0.39, 0.29) is 54.2 Å². The Morgan fingerprint density at radius 1 is 0.974 bits per heavy atom. The highest BCUT2D eigenvalue weighted by Gasteiger charge is 2.57. The first-order valence-corrected chi connectivity index (χ1v) is 13.7. The quantitative estimate of drug-likeness (QED) is 0.355. The third-order valence-electron chi connectivity index (χ3n) is 9.25. The predicted molar refractivity (Wildman–Crippen MR) is 133 cm³/mol. The summed E-state index contributed by atoms with van der Waals surface area (Å²) < 4.78 is 87.1. The molecule has 2 aromatic carbocycles. The van der Waals surface area contributed by atoms with Crippen LogP contribution in [0.2, 0.25) is 0 Å². The number of aliphatic carboxylic acids is 1. The van der Waals surface area contributed by atoms with Crippen LogP contribution in [-0.2, 0) is 17.5 Å². The molecule has 4 nitrogen and oxygen atoms in total. The third-order valence-corrected chi connectivity index (χ3v) is 9.25. The average Bonchev–Trinajstić information content (AvgIpc) is 2.87. The number of alkyl halides is 6. The maximum Gasteiger partial charge on any atom is 0.420 e. The van der Waals surface area contributed by atoms with Crippen molar-refractivity contribution >= 4 is 16.7 Å². The summed E-state index contributed by atoms with van der Waals surface area (Å²) in [6.45, 7) is 0.413. The molecule has 0 amide bonds. The summed E-state index contributed by atoms with van der Waals surface area (Å²) in [5.41, 5.74) is -0.378. The van der Waals surface area contributed by atoms with Gasteiger partial charge in [0.2, 0.25) is 0 Å². The molecule has 0 heterocycles. The lowest BCUT2D eigenvalue weighted by molar-refractivity contribution is -0.185. The molecule has 5 rings (SSSR count). The molecule has 3 aliphatic rings. The molecule has 0 radical (unpaired) electrons. The summed E-state index contributed by atoms with van der Waals surface area (Å²) in [5.74, 6) is -2.91. The average molecular weight is 558 g/mol. The second kappa shape index (κ2) is 10.5. The maximum absolute atomic E-state index is 14.2. The summed E-state index contributed by atoms with van der Waals surface area (Å²) in [5, 5.41) is 13.5. The van der Waals surface area contributed by atoms with Crippen molar-refractivity contribution in [3.8, 4) is 5.75 Å². The monoisotopic (exact) mass is 557 g/mol. The number of fused-ring (bicyclic) bond motifs is 1. The van der Waals surface area contributed by atoms with Gasteiger partial charge >= 0.3 is 18.3 Å². The first-order chi connectivity index (χ1) is 18.4. The number of carboxylic acids is 1. The van der Waals surface area contributed by atoms with Gasteiger partial charge in [0.25, 0.3) is 0 Å². The fourth-order valence-electron chi connectivity index (χ4n) is 7.12. The number of benzene rings is 2. The van der Waals surface area contributed by atoms with Crippen molar-refractivity contribution in [3.05, 3.63) is 41.5 Å². The van der Waals surface area contributed by atoms with E-state index in [9.17, 15) is 36.2 Å². The van der Waals surface area contributed by atoms with E-state index in [0.29, 0.717) is 18.4 Å². The Kier molecular flexibility index (Phi) is 7.54. The zero-order valence-electron chi connectivity index (χ0n) is 21.5. The van der Waals surface area contributed by atoms with Crippen LogP contribution in [0.15, 0.2) is 30.3 Å². The lowest BCUT2D eigenvalue weighted by Crippen LogP contribution is -2.62. The number of rotatable bonds is 6. The van der Waals surface area contributed by atoms with Gasteiger partial charge in [0.1, 0.15) is 11.3 Å². The molecular weight excluding hydrogens is 524 g/mol. The number of carboxylic acid groups (broad SMARTS) is 1.